The largest absolute Gasteiger partial charge is 0.490 e. The Balaban J connectivity index is 2.39. The van der Waals surface area contributed by atoms with Crippen molar-refractivity contribution in [2.75, 3.05) is 13.7 Å². The lowest BCUT2D eigenvalue weighted by molar-refractivity contribution is 0.159. The molecule has 1 aromatic carbocycles. The Bertz CT molecular complexity index is 365. The van der Waals surface area contributed by atoms with Gasteiger partial charge in [0, 0.05) is 18.0 Å². The van der Waals surface area contributed by atoms with Crippen LogP contribution in [0.2, 0.25) is 0 Å². The minimum absolute atomic E-state index is 0.228. The molecular formula is C13H19NO2. The molecule has 88 valence electrons. The summed E-state index contributed by atoms with van der Waals surface area (Å²) in [6, 6.07) is 6.45. The fourth-order valence-corrected chi connectivity index (χ4v) is 2.18. The zero-order valence-electron chi connectivity index (χ0n) is 10.1. The van der Waals surface area contributed by atoms with Gasteiger partial charge in [-0.25, -0.2) is 0 Å². The van der Waals surface area contributed by atoms with E-state index in [1.54, 1.807) is 0 Å². The number of ether oxygens (including phenoxy) is 2. The topological polar surface area (TPSA) is 30.5 Å². The van der Waals surface area contributed by atoms with Crippen LogP contribution in [0.3, 0.4) is 0 Å². The molecule has 3 nitrogen and oxygen atoms in total. The second-order valence-electron chi connectivity index (χ2n) is 4.11. The molecule has 0 aliphatic carbocycles. The quantitative estimate of drug-likeness (QED) is 0.850. The molecule has 0 amide bonds. The van der Waals surface area contributed by atoms with E-state index in [1.165, 1.54) is 5.56 Å². The zero-order chi connectivity index (χ0) is 11.5. The van der Waals surface area contributed by atoms with Gasteiger partial charge in [-0.1, -0.05) is 12.1 Å². The van der Waals surface area contributed by atoms with Crippen LogP contribution in [0, 0.1) is 0 Å². The monoisotopic (exact) mass is 221 g/mol. The molecule has 2 unspecified atom stereocenters. The number of nitrogens with one attached hydrogen (secondary N) is 1. The zero-order valence-corrected chi connectivity index (χ0v) is 10.1. The first-order valence-electron chi connectivity index (χ1n) is 5.85. The van der Waals surface area contributed by atoms with Crippen molar-refractivity contribution in [2.45, 2.75) is 32.4 Å². The normalized spacial score (nSPS) is 23.4. The van der Waals surface area contributed by atoms with Gasteiger partial charge in [-0.3, -0.25) is 0 Å². The van der Waals surface area contributed by atoms with E-state index in [1.807, 2.05) is 26.1 Å². The average molecular weight is 221 g/mol. The third kappa shape index (κ3) is 2.00. The van der Waals surface area contributed by atoms with Crippen LogP contribution in [0.25, 0.3) is 0 Å². The van der Waals surface area contributed by atoms with Gasteiger partial charge < -0.3 is 14.8 Å². The third-order valence-electron chi connectivity index (χ3n) is 2.92. The summed E-state index contributed by atoms with van der Waals surface area (Å²) in [6.07, 6.45) is 1.23. The number of benzene rings is 1. The maximum atomic E-state index is 5.88. The van der Waals surface area contributed by atoms with Gasteiger partial charge in [-0.05, 0) is 27.0 Å². The van der Waals surface area contributed by atoms with Crippen LogP contribution in [-0.4, -0.2) is 19.8 Å². The standard InChI is InChI=1S/C13H19NO2/c1-4-15-12-7-5-6-10-11(14-3)8-9(2)16-13(10)12/h5-7,9,11,14H,4,8H2,1-3H3. The molecule has 0 saturated carbocycles. The Labute approximate surface area is 96.8 Å². The smallest absolute Gasteiger partial charge is 0.166 e. The van der Waals surface area contributed by atoms with E-state index in [4.69, 9.17) is 9.47 Å². The Morgan fingerprint density at radius 1 is 1.50 bits per heavy atom. The van der Waals surface area contributed by atoms with Crippen molar-refractivity contribution in [3.8, 4) is 11.5 Å². The fourth-order valence-electron chi connectivity index (χ4n) is 2.18. The summed E-state index contributed by atoms with van der Waals surface area (Å²) in [7, 11) is 1.99. The van der Waals surface area contributed by atoms with Gasteiger partial charge in [0.15, 0.2) is 11.5 Å². The van der Waals surface area contributed by atoms with Gasteiger partial charge in [0.1, 0.15) is 0 Å². The molecule has 3 heteroatoms. The molecule has 0 bridgehead atoms. The van der Waals surface area contributed by atoms with Crippen LogP contribution in [0.5, 0.6) is 11.5 Å². The first-order chi connectivity index (χ1) is 7.76. The molecule has 0 fully saturated rings. The van der Waals surface area contributed by atoms with E-state index >= 15 is 0 Å². The van der Waals surface area contributed by atoms with Crippen molar-refractivity contribution in [3.63, 3.8) is 0 Å². The van der Waals surface area contributed by atoms with Crippen molar-refractivity contribution < 1.29 is 9.47 Å². The number of fused-ring (bicyclic) bond motifs is 1. The summed E-state index contributed by atoms with van der Waals surface area (Å²) >= 11 is 0. The summed E-state index contributed by atoms with van der Waals surface area (Å²) in [6.45, 7) is 4.75. The van der Waals surface area contributed by atoms with Crippen molar-refractivity contribution in [1.29, 1.82) is 0 Å². The second kappa shape index (κ2) is 4.74. The molecule has 1 aromatic rings. The van der Waals surface area contributed by atoms with Crippen LogP contribution in [0.1, 0.15) is 31.9 Å². The summed E-state index contributed by atoms with van der Waals surface area (Å²) in [5.74, 6) is 1.76. The van der Waals surface area contributed by atoms with Crippen LogP contribution < -0.4 is 14.8 Å². The van der Waals surface area contributed by atoms with E-state index in [0.29, 0.717) is 12.6 Å². The molecular weight excluding hydrogens is 202 g/mol. The Kier molecular flexibility index (Phi) is 3.34. The van der Waals surface area contributed by atoms with Crippen LogP contribution in [0.15, 0.2) is 18.2 Å². The molecule has 1 aliphatic rings. The molecule has 0 saturated heterocycles. The van der Waals surface area contributed by atoms with Gasteiger partial charge in [0.05, 0.1) is 12.7 Å². The molecule has 2 atom stereocenters. The third-order valence-corrected chi connectivity index (χ3v) is 2.92. The highest BCUT2D eigenvalue weighted by molar-refractivity contribution is 5.49. The van der Waals surface area contributed by atoms with E-state index in [9.17, 15) is 0 Å². The highest BCUT2D eigenvalue weighted by atomic mass is 16.5. The Hall–Kier alpha value is -1.22. The number of para-hydroxylation sites is 1. The summed E-state index contributed by atoms with van der Waals surface area (Å²) in [4.78, 5) is 0. The molecule has 0 radical (unpaired) electrons. The van der Waals surface area contributed by atoms with E-state index < -0.39 is 0 Å². The second-order valence-corrected chi connectivity index (χ2v) is 4.11. The Morgan fingerprint density at radius 3 is 3.00 bits per heavy atom. The Morgan fingerprint density at radius 2 is 2.31 bits per heavy atom. The van der Waals surface area contributed by atoms with Crippen molar-refractivity contribution in [3.05, 3.63) is 23.8 Å². The first-order valence-corrected chi connectivity index (χ1v) is 5.85. The molecule has 16 heavy (non-hydrogen) atoms. The predicted molar refractivity (Wildman–Crippen MR) is 64.1 cm³/mol. The average Bonchev–Trinajstić information content (AvgIpc) is 2.29. The number of hydrogen-bond acceptors (Lipinski definition) is 3. The van der Waals surface area contributed by atoms with Crippen LogP contribution in [-0.2, 0) is 0 Å². The fraction of sp³-hybridized carbons (Fsp3) is 0.538. The van der Waals surface area contributed by atoms with Gasteiger partial charge in [0.25, 0.3) is 0 Å². The SMILES string of the molecule is CCOc1cccc2c1OC(C)CC2NC. The van der Waals surface area contributed by atoms with Crippen LogP contribution >= 0.6 is 0 Å². The summed E-state index contributed by atoms with van der Waals surface area (Å²) in [5.41, 5.74) is 1.20. The van der Waals surface area contributed by atoms with Crippen molar-refractivity contribution in [2.24, 2.45) is 0 Å². The highest BCUT2D eigenvalue weighted by Crippen LogP contribution is 2.41. The minimum Gasteiger partial charge on any atom is -0.490 e. The lowest BCUT2D eigenvalue weighted by atomic mass is 9.97. The lowest BCUT2D eigenvalue weighted by Crippen LogP contribution is -2.29. The predicted octanol–water partition coefficient (Wildman–Crippen LogP) is 2.52. The molecule has 0 spiro atoms. The molecule has 2 rings (SSSR count). The molecule has 1 N–H and O–H groups in total. The molecule has 0 aromatic heterocycles. The van der Waals surface area contributed by atoms with Gasteiger partial charge in [-0.2, -0.15) is 0 Å². The first kappa shape index (κ1) is 11.3. The number of hydrogen-bond donors (Lipinski definition) is 1. The maximum absolute atomic E-state index is 5.88. The summed E-state index contributed by atoms with van der Waals surface area (Å²) < 4.78 is 11.5. The van der Waals surface area contributed by atoms with E-state index in [-0.39, 0.29) is 6.10 Å². The van der Waals surface area contributed by atoms with Gasteiger partial charge in [0.2, 0.25) is 0 Å². The van der Waals surface area contributed by atoms with Crippen molar-refractivity contribution in [1.82, 2.24) is 5.32 Å². The number of rotatable bonds is 3. The molecule has 1 aliphatic heterocycles. The van der Waals surface area contributed by atoms with Gasteiger partial charge in [-0.15, -0.1) is 0 Å². The molecule has 1 heterocycles. The minimum atomic E-state index is 0.228. The van der Waals surface area contributed by atoms with E-state index in [2.05, 4.69) is 18.3 Å². The van der Waals surface area contributed by atoms with Gasteiger partial charge >= 0.3 is 0 Å². The van der Waals surface area contributed by atoms with Crippen molar-refractivity contribution >= 4 is 0 Å². The lowest BCUT2D eigenvalue weighted by Gasteiger charge is -2.31. The maximum Gasteiger partial charge on any atom is 0.166 e. The van der Waals surface area contributed by atoms with Crippen LogP contribution in [0.4, 0.5) is 0 Å². The highest BCUT2D eigenvalue weighted by Gasteiger charge is 2.27. The van der Waals surface area contributed by atoms with E-state index in [0.717, 1.165) is 17.9 Å². The summed E-state index contributed by atoms with van der Waals surface area (Å²) in [5, 5.41) is 3.32.